The van der Waals surface area contributed by atoms with E-state index in [0.717, 1.165) is 23.4 Å². The molecular formula is C23H24ClF3N2O2. The van der Waals surface area contributed by atoms with Gasteiger partial charge in [0.1, 0.15) is 0 Å². The van der Waals surface area contributed by atoms with Crippen molar-refractivity contribution < 1.29 is 22.8 Å². The van der Waals surface area contributed by atoms with Crippen molar-refractivity contribution in [1.82, 2.24) is 4.90 Å². The third kappa shape index (κ3) is 6.47. The summed E-state index contributed by atoms with van der Waals surface area (Å²) in [5.74, 6) is -0.00200. The van der Waals surface area contributed by atoms with E-state index in [1.54, 1.807) is 23.1 Å². The van der Waals surface area contributed by atoms with Crippen LogP contribution in [0.1, 0.15) is 43.4 Å². The Morgan fingerprint density at radius 2 is 1.94 bits per heavy atom. The summed E-state index contributed by atoms with van der Waals surface area (Å²) in [6, 6.07) is 12.3. The number of alkyl halides is 3. The molecule has 3 rings (SSSR count). The first-order valence-corrected chi connectivity index (χ1v) is 10.4. The van der Waals surface area contributed by atoms with E-state index in [1.807, 2.05) is 26.0 Å². The standard InChI is InChI=1S/C23H24ClF3N2O2/c1-15(2)10-22(30)29(13-16-4-3-5-18(11-16)23(25,26)27)14-20-12-21(28-31-20)17-6-8-19(24)9-7-17/h3-9,11,15,20H,10,12-14H2,1-2H3/t20-/m1/s1. The van der Waals surface area contributed by atoms with Crippen molar-refractivity contribution in [2.24, 2.45) is 11.1 Å². The van der Waals surface area contributed by atoms with Crippen LogP contribution in [0.2, 0.25) is 5.02 Å². The summed E-state index contributed by atoms with van der Waals surface area (Å²) in [7, 11) is 0. The molecule has 1 amide bonds. The molecule has 2 aromatic carbocycles. The van der Waals surface area contributed by atoms with E-state index in [9.17, 15) is 18.0 Å². The Morgan fingerprint density at radius 3 is 2.58 bits per heavy atom. The maximum atomic E-state index is 13.1. The Hall–Kier alpha value is -2.54. The molecule has 0 fully saturated rings. The predicted octanol–water partition coefficient (Wildman–Crippen LogP) is 5.93. The molecule has 1 aliphatic heterocycles. The van der Waals surface area contributed by atoms with Crippen LogP contribution >= 0.6 is 11.6 Å². The number of nitrogens with zero attached hydrogens (tertiary/aromatic N) is 2. The molecule has 0 aliphatic carbocycles. The Labute approximate surface area is 184 Å². The third-order valence-electron chi connectivity index (χ3n) is 4.90. The molecule has 166 valence electrons. The van der Waals surface area contributed by atoms with E-state index < -0.39 is 11.7 Å². The topological polar surface area (TPSA) is 41.9 Å². The minimum Gasteiger partial charge on any atom is -0.390 e. The number of carbonyl (C=O) groups is 1. The number of amides is 1. The monoisotopic (exact) mass is 452 g/mol. The first-order valence-electron chi connectivity index (χ1n) is 10.0. The van der Waals surface area contributed by atoms with Crippen molar-refractivity contribution in [1.29, 1.82) is 0 Å². The fraction of sp³-hybridized carbons (Fsp3) is 0.391. The molecule has 1 heterocycles. The molecule has 4 nitrogen and oxygen atoms in total. The van der Waals surface area contributed by atoms with Gasteiger partial charge in [-0.2, -0.15) is 13.2 Å². The molecular weight excluding hydrogens is 429 g/mol. The van der Waals surface area contributed by atoms with Gasteiger partial charge in [-0.3, -0.25) is 4.79 Å². The number of carbonyl (C=O) groups excluding carboxylic acids is 1. The summed E-state index contributed by atoms with van der Waals surface area (Å²) in [6.45, 7) is 4.16. The normalized spacial score (nSPS) is 16.2. The van der Waals surface area contributed by atoms with Crippen molar-refractivity contribution in [3.05, 3.63) is 70.2 Å². The van der Waals surface area contributed by atoms with Crippen LogP contribution in [0.15, 0.2) is 53.7 Å². The lowest BCUT2D eigenvalue weighted by atomic mass is 10.0. The first kappa shape index (κ1) is 23.1. The summed E-state index contributed by atoms with van der Waals surface area (Å²) in [5.41, 5.74) is 1.32. The highest BCUT2D eigenvalue weighted by Gasteiger charge is 2.31. The Bertz CT molecular complexity index is 943. The van der Waals surface area contributed by atoms with Gasteiger partial charge in [-0.25, -0.2) is 0 Å². The fourth-order valence-corrected chi connectivity index (χ4v) is 3.51. The van der Waals surface area contributed by atoms with Gasteiger partial charge in [0.15, 0.2) is 6.10 Å². The molecule has 2 aromatic rings. The second kappa shape index (κ2) is 9.73. The first-order chi connectivity index (χ1) is 14.6. The van der Waals surface area contributed by atoms with Crippen molar-refractivity contribution in [2.75, 3.05) is 6.54 Å². The van der Waals surface area contributed by atoms with Crippen LogP contribution in [0, 0.1) is 5.92 Å². The minimum absolute atomic E-state index is 0.0750. The predicted molar refractivity (Wildman–Crippen MR) is 114 cm³/mol. The van der Waals surface area contributed by atoms with Gasteiger partial charge in [-0.1, -0.05) is 54.9 Å². The van der Waals surface area contributed by atoms with Crippen LogP contribution < -0.4 is 0 Å². The smallest absolute Gasteiger partial charge is 0.390 e. The van der Waals surface area contributed by atoms with Gasteiger partial charge in [0.05, 0.1) is 17.8 Å². The second-order valence-electron chi connectivity index (χ2n) is 8.05. The van der Waals surface area contributed by atoms with Gasteiger partial charge in [-0.05, 0) is 41.3 Å². The van der Waals surface area contributed by atoms with Gasteiger partial charge in [0, 0.05) is 24.4 Å². The molecule has 1 aliphatic rings. The van der Waals surface area contributed by atoms with E-state index in [2.05, 4.69) is 5.16 Å². The number of benzene rings is 2. The number of hydrogen-bond donors (Lipinski definition) is 0. The molecule has 0 saturated heterocycles. The molecule has 0 aromatic heterocycles. The molecule has 0 unspecified atom stereocenters. The van der Waals surface area contributed by atoms with Gasteiger partial charge >= 0.3 is 6.18 Å². The van der Waals surface area contributed by atoms with E-state index >= 15 is 0 Å². The lowest BCUT2D eigenvalue weighted by Crippen LogP contribution is -2.37. The SMILES string of the molecule is CC(C)CC(=O)N(Cc1cccc(C(F)(F)F)c1)C[C@H]1CC(c2ccc(Cl)cc2)=NO1. The number of halogens is 4. The van der Waals surface area contributed by atoms with Gasteiger partial charge in [0.2, 0.25) is 5.91 Å². The molecule has 31 heavy (non-hydrogen) atoms. The zero-order valence-corrected chi connectivity index (χ0v) is 18.1. The van der Waals surface area contributed by atoms with E-state index in [1.165, 1.54) is 6.07 Å². The highest BCUT2D eigenvalue weighted by Crippen LogP contribution is 2.30. The molecule has 8 heteroatoms. The number of oxime groups is 1. The maximum Gasteiger partial charge on any atom is 0.416 e. The zero-order valence-electron chi connectivity index (χ0n) is 17.3. The van der Waals surface area contributed by atoms with Crippen LogP contribution in [0.5, 0.6) is 0 Å². The van der Waals surface area contributed by atoms with Gasteiger partial charge in [-0.15, -0.1) is 0 Å². The molecule has 0 spiro atoms. The molecule has 1 atom stereocenters. The number of hydrogen-bond acceptors (Lipinski definition) is 3. The van der Waals surface area contributed by atoms with Crippen molar-refractivity contribution >= 4 is 23.2 Å². The average Bonchev–Trinajstić information content (AvgIpc) is 3.15. The molecule has 0 radical (unpaired) electrons. The summed E-state index contributed by atoms with van der Waals surface area (Å²) in [4.78, 5) is 19.9. The highest BCUT2D eigenvalue weighted by atomic mass is 35.5. The summed E-state index contributed by atoms with van der Waals surface area (Å²) in [5, 5.41) is 4.75. The van der Waals surface area contributed by atoms with Gasteiger partial charge in [0.25, 0.3) is 0 Å². The quantitative estimate of drug-likeness (QED) is 0.522. The van der Waals surface area contributed by atoms with Crippen molar-refractivity contribution in [2.45, 2.75) is 45.5 Å². The Balaban J connectivity index is 1.71. The highest BCUT2D eigenvalue weighted by molar-refractivity contribution is 6.30. The van der Waals surface area contributed by atoms with Crippen LogP contribution in [-0.2, 0) is 22.4 Å². The van der Waals surface area contributed by atoms with Crippen LogP contribution in [0.4, 0.5) is 13.2 Å². The van der Waals surface area contributed by atoms with Gasteiger partial charge < -0.3 is 9.74 Å². The summed E-state index contributed by atoms with van der Waals surface area (Å²) >= 11 is 5.92. The molecule has 0 bridgehead atoms. The zero-order chi connectivity index (χ0) is 22.6. The van der Waals surface area contributed by atoms with Crippen LogP contribution in [-0.4, -0.2) is 29.2 Å². The average molecular weight is 453 g/mol. The van der Waals surface area contributed by atoms with Crippen LogP contribution in [0.25, 0.3) is 0 Å². The van der Waals surface area contributed by atoms with E-state index in [0.29, 0.717) is 23.4 Å². The summed E-state index contributed by atoms with van der Waals surface area (Å²) < 4.78 is 39.2. The minimum atomic E-state index is -4.43. The van der Waals surface area contributed by atoms with E-state index in [4.69, 9.17) is 16.4 Å². The van der Waals surface area contributed by atoms with Crippen LogP contribution in [0.3, 0.4) is 0 Å². The number of rotatable bonds is 7. The molecule has 0 N–H and O–H groups in total. The Kier molecular flexibility index (Phi) is 7.26. The van der Waals surface area contributed by atoms with Crippen molar-refractivity contribution in [3.8, 4) is 0 Å². The maximum absolute atomic E-state index is 13.1. The largest absolute Gasteiger partial charge is 0.416 e. The third-order valence-corrected chi connectivity index (χ3v) is 5.15. The lowest BCUT2D eigenvalue weighted by molar-refractivity contribution is -0.137. The summed E-state index contributed by atoms with van der Waals surface area (Å²) in [6.07, 6.45) is -4.00. The van der Waals surface area contributed by atoms with Crippen molar-refractivity contribution in [3.63, 3.8) is 0 Å². The fourth-order valence-electron chi connectivity index (χ4n) is 3.38. The lowest BCUT2D eigenvalue weighted by Gasteiger charge is -2.26. The van der Waals surface area contributed by atoms with E-state index in [-0.39, 0.29) is 31.0 Å². The Morgan fingerprint density at radius 1 is 1.23 bits per heavy atom. The molecule has 0 saturated carbocycles. The second-order valence-corrected chi connectivity index (χ2v) is 8.48.